The molecule has 0 saturated carbocycles. The maximum atomic E-state index is 12.8. The molecule has 0 unspecified atom stereocenters. The van der Waals surface area contributed by atoms with E-state index in [4.69, 9.17) is 21.1 Å². The van der Waals surface area contributed by atoms with Crippen LogP contribution in [0.2, 0.25) is 5.02 Å². The van der Waals surface area contributed by atoms with Crippen LogP contribution in [0.15, 0.2) is 54.6 Å². The van der Waals surface area contributed by atoms with Crippen molar-refractivity contribution in [2.75, 3.05) is 32.8 Å². The first-order chi connectivity index (χ1) is 13.1. The largest absolute Gasteiger partial charge is 0.492 e. The molecule has 0 atom stereocenters. The summed E-state index contributed by atoms with van der Waals surface area (Å²) in [5, 5.41) is 0.703. The summed E-state index contributed by atoms with van der Waals surface area (Å²) < 4.78 is 11.2. The van der Waals surface area contributed by atoms with Crippen LogP contribution < -0.4 is 4.74 Å². The standard InChI is InChI=1S/C22H26ClNO3/c1-2-26-21(25)22(18-6-4-3-5-7-18)12-14-24(15-13-22)16-17-27-20-10-8-19(23)9-11-20/h3-11H,2,12-17H2,1H3. The summed E-state index contributed by atoms with van der Waals surface area (Å²) in [6.07, 6.45) is 1.52. The molecular weight excluding hydrogens is 362 g/mol. The number of rotatable bonds is 7. The molecule has 1 heterocycles. The lowest BCUT2D eigenvalue weighted by atomic mass is 9.72. The number of piperidine rings is 1. The molecule has 0 aromatic heterocycles. The number of hydrogen-bond donors (Lipinski definition) is 0. The van der Waals surface area contributed by atoms with Crippen LogP contribution in [0.4, 0.5) is 0 Å². The molecule has 2 aromatic carbocycles. The van der Waals surface area contributed by atoms with Crippen molar-refractivity contribution in [2.24, 2.45) is 0 Å². The van der Waals surface area contributed by atoms with Crippen LogP contribution in [-0.4, -0.2) is 43.7 Å². The fourth-order valence-corrected chi connectivity index (χ4v) is 3.74. The summed E-state index contributed by atoms with van der Waals surface area (Å²) in [7, 11) is 0. The van der Waals surface area contributed by atoms with Crippen molar-refractivity contribution >= 4 is 17.6 Å². The summed E-state index contributed by atoms with van der Waals surface area (Å²) >= 11 is 5.89. The van der Waals surface area contributed by atoms with Crippen molar-refractivity contribution < 1.29 is 14.3 Å². The summed E-state index contributed by atoms with van der Waals surface area (Å²) in [6, 6.07) is 17.4. The van der Waals surface area contributed by atoms with Crippen molar-refractivity contribution in [3.05, 3.63) is 65.2 Å². The summed E-state index contributed by atoms with van der Waals surface area (Å²) in [5.41, 5.74) is 0.519. The second kappa shape index (κ2) is 9.25. The van der Waals surface area contributed by atoms with Gasteiger partial charge < -0.3 is 9.47 Å². The van der Waals surface area contributed by atoms with E-state index in [2.05, 4.69) is 4.90 Å². The number of hydrogen-bond acceptors (Lipinski definition) is 4. The molecule has 144 valence electrons. The zero-order valence-corrected chi connectivity index (χ0v) is 16.5. The highest BCUT2D eigenvalue weighted by Crippen LogP contribution is 2.36. The number of nitrogens with zero attached hydrogens (tertiary/aromatic N) is 1. The Labute approximate surface area is 166 Å². The highest BCUT2D eigenvalue weighted by Gasteiger charge is 2.44. The molecule has 5 heteroatoms. The van der Waals surface area contributed by atoms with Gasteiger partial charge in [-0.1, -0.05) is 41.9 Å². The van der Waals surface area contributed by atoms with Gasteiger partial charge in [-0.05, 0) is 62.7 Å². The van der Waals surface area contributed by atoms with Gasteiger partial charge in [-0.25, -0.2) is 0 Å². The summed E-state index contributed by atoms with van der Waals surface area (Å²) in [6.45, 7) is 5.40. The minimum Gasteiger partial charge on any atom is -0.492 e. The summed E-state index contributed by atoms with van der Waals surface area (Å²) in [4.78, 5) is 15.1. The zero-order valence-electron chi connectivity index (χ0n) is 15.7. The van der Waals surface area contributed by atoms with E-state index in [1.807, 2.05) is 61.5 Å². The molecule has 0 amide bonds. The van der Waals surface area contributed by atoms with E-state index in [1.165, 1.54) is 0 Å². The molecule has 27 heavy (non-hydrogen) atoms. The van der Waals surface area contributed by atoms with Crippen LogP contribution >= 0.6 is 11.6 Å². The number of likely N-dealkylation sites (tertiary alicyclic amines) is 1. The third-order valence-corrected chi connectivity index (χ3v) is 5.44. The Hall–Kier alpha value is -2.04. The quantitative estimate of drug-likeness (QED) is 0.663. The van der Waals surface area contributed by atoms with Crippen molar-refractivity contribution in [1.82, 2.24) is 4.90 Å². The van der Waals surface area contributed by atoms with Gasteiger partial charge in [-0.3, -0.25) is 9.69 Å². The molecule has 2 aromatic rings. The molecule has 0 bridgehead atoms. The molecule has 1 aliphatic rings. The Bertz CT molecular complexity index is 725. The highest BCUT2D eigenvalue weighted by atomic mass is 35.5. The molecule has 0 radical (unpaired) electrons. The normalized spacial score (nSPS) is 16.7. The first kappa shape index (κ1) is 19.7. The van der Waals surface area contributed by atoms with Crippen molar-refractivity contribution in [2.45, 2.75) is 25.2 Å². The average molecular weight is 388 g/mol. The Morgan fingerprint density at radius 1 is 1.07 bits per heavy atom. The van der Waals surface area contributed by atoms with Gasteiger partial charge in [0.2, 0.25) is 0 Å². The molecule has 1 aliphatic heterocycles. The topological polar surface area (TPSA) is 38.8 Å². The van der Waals surface area contributed by atoms with Gasteiger partial charge in [0.05, 0.1) is 12.0 Å². The number of esters is 1. The number of benzene rings is 2. The van der Waals surface area contributed by atoms with Crippen LogP contribution in [0, 0.1) is 0 Å². The number of carbonyl (C=O) groups is 1. The van der Waals surface area contributed by atoms with E-state index >= 15 is 0 Å². The Morgan fingerprint density at radius 2 is 1.74 bits per heavy atom. The Kier molecular flexibility index (Phi) is 6.75. The molecule has 1 fully saturated rings. The van der Waals surface area contributed by atoms with Gasteiger partial charge in [0.15, 0.2) is 0 Å². The average Bonchev–Trinajstić information content (AvgIpc) is 2.71. The molecule has 0 N–H and O–H groups in total. The number of ether oxygens (including phenoxy) is 2. The highest BCUT2D eigenvalue weighted by molar-refractivity contribution is 6.30. The van der Waals surface area contributed by atoms with Crippen LogP contribution in [0.3, 0.4) is 0 Å². The van der Waals surface area contributed by atoms with Crippen molar-refractivity contribution in [3.63, 3.8) is 0 Å². The molecule has 4 nitrogen and oxygen atoms in total. The Morgan fingerprint density at radius 3 is 2.37 bits per heavy atom. The van der Waals surface area contributed by atoms with Crippen LogP contribution in [0.1, 0.15) is 25.3 Å². The zero-order chi connectivity index (χ0) is 19.1. The second-order valence-electron chi connectivity index (χ2n) is 6.81. The first-order valence-corrected chi connectivity index (χ1v) is 9.85. The minimum absolute atomic E-state index is 0.103. The van der Waals surface area contributed by atoms with Crippen LogP contribution in [-0.2, 0) is 14.9 Å². The van der Waals surface area contributed by atoms with Crippen LogP contribution in [0.5, 0.6) is 5.75 Å². The van der Waals surface area contributed by atoms with Crippen LogP contribution in [0.25, 0.3) is 0 Å². The second-order valence-corrected chi connectivity index (χ2v) is 7.25. The van der Waals surface area contributed by atoms with Gasteiger partial charge in [0, 0.05) is 11.6 Å². The van der Waals surface area contributed by atoms with Crippen molar-refractivity contribution in [3.8, 4) is 5.75 Å². The van der Waals surface area contributed by atoms with Gasteiger partial charge in [-0.2, -0.15) is 0 Å². The molecular formula is C22H26ClNO3. The van der Waals surface area contributed by atoms with Crippen molar-refractivity contribution in [1.29, 1.82) is 0 Å². The van der Waals surface area contributed by atoms with Gasteiger partial charge >= 0.3 is 5.97 Å². The first-order valence-electron chi connectivity index (χ1n) is 9.47. The van der Waals surface area contributed by atoms with Gasteiger partial charge in [0.25, 0.3) is 0 Å². The van der Waals surface area contributed by atoms with E-state index < -0.39 is 5.41 Å². The van der Waals surface area contributed by atoms with Gasteiger partial charge in [0.1, 0.15) is 12.4 Å². The van der Waals surface area contributed by atoms with E-state index in [-0.39, 0.29) is 5.97 Å². The van der Waals surface area contributed by atoms with E-state index in [9.17, 15) is 4.79 Å². The fraction of sp³-hybridized carbons (Fsp3) is 0.409. The third-order valence-electron chi connectivity index (χ3n) is 5.19. The SMILES string of the molecule is CCOC(=O)C1(c2ccccc2)CCN(CCOc2ccc(Cl)cc2)CC1. The van der Waals surface area contributed by atoms with Gasteiger partial charge in [-0.15, -0.1) is 0 Å². The number of carbonyl (C=O) groups excluding carboxylic acids is 1. The predicted molar refractivity (Wildman–Crippen MR) is 107 cm³/mol. The van der Waals surface area contributed by atoms with E-state index in [0.29, 0.717) is 18.2 Å². The smallest absolute Gasteiger partial charge is 0.316 e. The maximum Gasteiger partial charge on any atom is 0.316 e. The predicted octanol–water partition coefficient (Wildman–Crippen LogP) is 4.32. The Balaban J connectivity index is 1.57. The lowest BCUT2D eigenvalue weighted by Crippen LogP contribution is -2.48. The fourth-order valence-electron chi connectivity index (χ4n) is 3.62. The lowest BCUT2D eigenvalue weighted by Gasteiger charge is -2.40. The minimum atomic E-state index is -0.537. The third kappa shape index (κ3) is 4.82. The monoisotopic (exact) mass is 387 g/mol. The maximum absolute atomic E-state index is 12.8. The molecule has 1 saturated heterocycles. The molecule has 0 aliphatic carbocycles. The molecule has 3 rings (SSSR count). The molecule has 0 spiro atoms. The summed E-state index contributed by atoms with van der Waals surface area (Å²) in [5.74, 6) is 0.717. The van der Waals surface area contributed by atoms with E-state index in [0.717, 1.165) is 43.8 Å². The lowest BCUT2D eigenvalue weighted by molar-refractivity contribution is -0.152. The van der Waals surface area contributed by atoms with E-state index in [1.54, 1.807) is 0 Å². The number of halogens is 1.